The maximum absolute atomic E-state index is 12.9. The summed E-state index contributed by atoms with van der Waals surface area (Å²) in [6.07, 6.45) is 1.81. The molecule has 1 atom stereocenters. The number of carbonyl (C=O) groups is 1. The second-order valence-electron chi connectivity index (χ2n) is 6.17. The van der Waals surface area contributed by atoms with Gasteiger partial charge in [0.2, 0.25) is 11.8 Å². The molecule has 8 heteroatoms. The molecule has 3 aromatic rings. The van der Waals surface area contributed by atoms with Crippen molar-refractivity contribution in [1.29, 1.82) is 0 Å². The Morgan fingerprint density at radius 1 is 1.35 bits per heavy atom. The zero-order chi connectivity index (χ0) is 18.1. The Balaban J connectivity index is 1.52. The standard InChI is InChI=1S/C18H15BrClN3O2S/c19-13-3-4-15(20)14(8-13)18(24)23-6-1-2-11(9-23)16-21-22-17(25-16)12-5-7-26-10-12/h3-5,7-8,10-11H,1-2,6,9H2. The minimum absolute atomic E-state index is 0.0403. The number of aromatic nitrogens is 2. The van der Waals surface area contributed by atoms with E-state index in [4.69, 9.17) is 16.0 Å². The van der Waals surface area contributed by atoms with E-state index >= 15 is 0 Å². The lowest BCUT2D eigenvalue weighted by molar-refractivity contribution is 0.0698. The van der Waals surface area contributed by atoms with Crippen molar-refractivity contribution >= 4 is 44.8 Å². The first-order valence-electron chi connectivity index (χ1n) is 8.22. The van der Waals surface area contributed by atoms with Gasteiger partial charge >= 0.3 is 0 Å². The summed E-state index contributed by atoms with van der Waals surface area (Å²) in [6.45, 7) is 1.25. The molecule has 26 heavy (non-hydrogen) atoms. The number of halogens is 2. The Labute approximate surface area is 168 Å². The molecule has 1 amide bonds. The third kappa shape index (κ3) is 3.56. The van der Waals surface area contributed by atoms with Gasteiger partial charge in [-0.05, 0) is 42.5 Å². The predicted octanol–water partition coefficient (Wildman–Crippen LogP) is 5.23. The van der Waals surface area contributed by atoms with Crippen LogP contribution in [0, 0.1) is 0 Å². The van der Waals surface area contributed by atoms with Gasteiger partial charge in [-0.25, -0.2) is 0 Å². The van der Waals surface area contributed by atoms with Crippen molar-refractivity contribution in [1.82, 2.24) is 15.1 Å². The highest BCUT2D eigenvalue weighted by Crippen LogP contribution is 2.31. The number of benzene rings is 1. The smallest absolute Gasteiger partial charge is 0.255 e. The van der Waals surface area contributed by atoms with Gasteiger partial charge in [0.05, 0.1) is 16.5 Å². The molecular formula is C18H15BrClN3O2S. The van der Waals surface area contributed by atoms with Gasteiger partial charge in [0.15, 0.2) is 0 Å². The molecule has 3 heterocycles. The minimum atomic E-state index is -0.0708. The normalized spacial score (nSPS) is 17.5. The van der Waals surface area contributed by atoms with Crippen molar-refractivity contribution in [2.45, 2.75) is 18.8 Å². The zero-order valence-corrected chi connectivity index (χ0v) is 16.9. The van der Waals surface area contributed by atoms with E-state index < -0.39 is 0 Å². The first-order chi connectivity index (χ1) is 12.6. The molecule has 1 aromatic carbocycles. The van der Waals surface area contributed by atoms with Crippen LogP contribution in [0.2, 0.25) is 5.02 Å². The lowest BCUT2D eigenvalue weighted by Crippen LogP contribution is -2.39. The SMILES string of the molecule is O=C(c1cc(Br)ccc1Cl)N1CCCC(c2nnc(-c3ccsc3)o2)C1. The van der Waals surface area contributed by atoms with E-state index in [2.05, 4.69) is 26.1 Å². The highest BCUT2D eigenvalue weighted by molar-refractivity contribution is 9.10. The number of likely N-dealkylation sites (tertiary alicyclic amines) is 1. The lowest BCUT2D eigenvalue weighted by atomic mass is 9.97. The Hall–Kier alpha value is -1.70. The van der Waals surface area contributed by atoms with E-state index in [0.29, 0.717) is 35.5 Å². The quantitative estimate of drug-likeness (QED) is 0.546. The molecular weight excluding hydrogens is 438 g/mol. The molecule has 1 saturated heterocycles. The van der Waals surface area contributed by atoms with Crippen LogP contribution in [0.1, 0.15) is 35.0 Å². The number of hydrogen-bond acceptors (Lipinski definition) is 5. The fourth-order valence-electron chi connectivity index (χ4n) is 3.10. The van der Waals surface area contributed by atoms with Crippen molar-refractivity contribution in [3.05, 3.63) is 56.0 Å². The monoisotopic (exact) mass is 451 g/mol. The van der Waals surface area contributed by atoms with Crippen LogP contribution in [0.4, 0.5) is 0 Å². The summed E-state index contributed by atoms with van der Waals surface area (Å²) in [7, 11) is 0. The van der Waals surface area contributed by atoms with Gasteiger partial charge in [-0.3, -0.25) is 4.79 Å². The molecule has 0 spiro atoms. The number of rotatable bonds is 3. The van der Waals surface area contributed by atoms with Crippen molar-refractivity contribution in [3.8, 4) is 11.5 Å². The van der Waals surface area contributed by atoms with Crippen molar-refractivity contribution in [3.63, 3.8) is 0 Å². The van der Waals surface area contributed by atoms with Gasteiger partial charge in [0.25, 0.3) is 5.91 Å². The summed E-state index contributed by atoms with van der Waals surface area (Å²) < 4.78 is 6.69. The summed E-state index contributed by atoms with van der Waals surface area (Å²) in [6, 6.07) is 7.26. The summed E-state index contributed by atoms with van der Waals surface area (Å²) >= 11 is 11.2. The number of hydrogen-bond donors (Lipinski definition) is 0. The minimum Gasteiger partial charge on any atom is -0.420 e. The molecule has 2 aromatic heterocycles. The van der Waals surface area contributed by atoms with Crippen LogP contribution >= 0.6 is 38.9 Å². The van der Waals surface area contributed by atoms with E-state index in [0.717, 1.165) is 22.9 Å². The molecule has 0 aliphatic carbocycles. The van der Waals surface area contributed by atoms with Crippen LogP contribution in [0.25, 0.3) is 11.5 Å². The molecule has 4 rings (SSSR count). The van der Waals surface area contributed by atoms with Crippen LogP contribution in [-0.4, -0.2) is 34.1 Å². The molecule has 0 N–H and O–H groups in total. The Morgan fingerprint density at radius 2 is 2.23 bits per heavy atom. The highest BCUT2D eigenvalue weighted by atomic mass is 79.9. The molecule has 134 valence electrons. The molecule has 1 unspecified atom stereocenters. The third-order valence-corrected chi connectivity index (χ3v) is 5.93. The summed E-state index contributed by atoms with van der Waals surface area (Å²) in [5.74, 6) is 1.08. The van der Waals surface area contributed by atoms with Crippen molar-refractivity contribution in [2.75, 3.05) is 13.1 Å². The Kier molecular flexibility index (Phi) is 5.11. The van der Waals surface area contributed by atoms with Crippen LogP contribution < -0.4 is 0 Å². The van der Waals surface area contributed by atoms with Crippen LogP contribution in [0.15, 0.2) is 43.9 Å². The van der Waals surface area contributed by atoms with Gasteiger partial charge in [-0.15, -0.1) is 10.2 Å². The van der Waals surface area contributed by atoms with Gasteiger partial charge in [0, 0.05) is 28.5 Å². The summed E-state index contributed by atoms with van der Waals surface area (Å²) in [5, 5.41) is 12.8. The first kappa shape index (κ1) is 17.7. The number of carbonyl (C=O) groups excluding carboxylic acids is 1. The van der Waals surface area contributed by atoms with E-state index in [-0.39, 0.29) is 11.8 Å². The second-order valence-corrected chi connectivity index (χ2v) is 8.27. The van der Waals surface area contributed by atoms with Gasteiger partial charge in [-0.2, -0.15) is 11.3 Å². The van der Waals surface area contributed by atoms with Crippen molar-refractivity contribution < 1.29 is 9.21 Å². The van der Waals surface area contributed by atoms with Gasteiger partial charge in [-0.1, -0.05) is 27.5 Å². The van der Waals surface area contributed by atoms with E-state index in [1.165, 1.54) is 0 Å². The second kappa shape index (κ2) is 7.50. The van der Waals surface area contributed by atoms with Crippen LogP contribution in [-0.2, 0) is 0 Å². The maximum Gasteiger partial charge on any atom is 0.255 e. The van der Waals surface area contributed by atoms with Crippen molar-refractivity contribution in [2.24, 2.45) is 0 Å². The summed E-state index contributed by atoms with van der Waals surface area (Å²) in [5.41, 5.74) is 1.43. The fraction of sp³-hybridized carbons (Fsp3) is 0.278. The predicted molar refractivity (Wildman–Crippen MR) is 105 cm³/mol. The molecule has 1 fully saturated rings. The molecule has 1 aliphatic heterocycles. The Morgan fingerprint density at radius 3 is 3.04 bits per heavy atom. The highest BCUT2D eigenvalue weighted by Gasteiger charge is 2.30. The Bertz CT molecular complexity index is 928. The lowest BCUT2D eigenvalue weighted by Gasteiger charge is -2.31. The third-order valence-electron chi connectivity index (χ3n) is 4.43. The van der Waals surface area contributed by atoms with E-state index in [1.54, 1.807) is 23.5 Å². The number of piperidine rings is 1. The molecule has 0 radical (unpaired) electrons. The number of thiophene rings is 1. The molecule has 0 bridgehead atoms. The molecule has 1 aliphatic rings. The van der Waals surface area contributed by atoms with Crippen LogP contribution in [0.5, 0.6) is 0 Å². The number of amides is 1. The van der Waals surface area contributed by atoms with Gasteiger partial charge < -0.3 is 9.32 Å². The molecule has 5 nitrogen and oxygen atoms in total. The van der Waals surface area contributed by atoms with E-state index in [9.17, 15) is 4.79 Å². The average molecular weight is 453 g/mol. The van der Waals surface area contributed by atoms with Gasteiger partial charge in [0.1, 0.15) is 0 Å². The van der Waals surface area contributed by atoms with E-state index in [1.807, 2.05) is 27.8 Å². The first-order valence-corrected chi connectivity index (χ1v) is 10.3. The maximum atomic E-state index is 12.9. The number of nitrogens with zero attached hydrogens (tertiary/aromatic N) is 3. The van der Waals surface area contributed by atoms with Crippen LogP contribution in [0.3, 0.4) is 0 Å². The largest absolute Gasteiger partial charge is 0.420 e. The fourth-order valence-corrected chi connectivity index (χ4v) is 4.29. The summed E-state index contributed by atoms with van der Waals surface area (Å²) in [4.78, 5) is 14.7. The zero-order valence-electron chi connectivity index (χ0n) is 13.7. The average Bonchev–Trinajstić information content (AvgIpc) is 3.34. The topological polar surface area (TPSA) is 59.2 Å². The molecule has 0 saturated carbocycles.